The van der Waals surface area contributed by atoms with Gasteiger partial charge in [-0.15, -0.1) is 0 Å². The summed E-state index contributed by atoms with van der Waals surface area (Å²) in [6, 6.07) is 10.4. The number of nitriles is 1. The van der Waals surface area contributed by atoms with Crippen LogP contribution in [-0.2, 0) is 0 Å². The topological polar surface area (TPSA) is 75.0 Å². The van der Waals surface area contributed by atoms with Crippen molar-refractivity contribution in [3.63, 3.8) is 0 Å². The van der Waals surface area contributed by atoms with Crippen LogP contribution in [0.4, 0.5) is 5.69 Å². The zero-order chi connectivity index (χ0) is 14.5. The number of nitrogens with one attached hydrogen (secondary N) is 1. The van der Waals surface area contributed by atoms with Gasteiger partial charge >= 0.3 is 0 Å². The number of rotatable bonds is 3. The average molecular weight is 267 g/mol. The van der Waals surface area contributed by atoms with Crippen LogP contribution in [0, 0.1) is 18.3 Å². The van der Waals surface area contributed by atoms with Gasteiger partial charge in [0.1, 0.15) is 17.5 Å². The molecule has 0 aliphatic heterocycles. The quantitative estimate of drug-likeness (QED) is 0.927. The lowest BCUT2D eigenvalue weighted by Gasteiger charge is -2.09. The standard InChI is InChI=1S/C15H13N3O2/c1-10-7-12(20-2)4-6-13(10)18-15(19)14-5-3-11(8-16)9-17-14/h3-7,9H,1-2H3,(H,18,19). The molecule has 0 bridgehead atoms. The number of pyridine rings is 1. The van der Waals surface area contributed by atoms with Crippen molar-refractivity contribution in [2.75, 3.05) is 12.4 Å². The van der Waals surface area contributed by atoms with Crippen molar-refractivity contribution in [1.29, 1.82) is 5.26 Å². The van der Waals surface area contributed by atoms with Crippen LogP contribution in [0.25, 0.3) is 0 Å². The summed E-state index contributed by atoms with van der Waals surface area (Å²) in [6.07, 6.45) is 1.37. The minimum Gasteiger partial charge on any atom is -0.497 e. The molecule has 5 heteroatoms. The molecular weight excluding hydrogens is 254 g/mol. The highest BCUT2D eigenvalue weighted by atomic mass is 16.5. The van der Waals surface area contributed by atoms with E-state index < -0.39 is 0 Å². The number of amides is 1. The van der Waals surface area contributed by atoms with E-state index in [9.17, 15) is 4.79 Å². The minimum absolute atomic E-state index is 0.263. The van der Waals surface area contributed by atoms with Crippen LogP contribution in [0.2, 0.25) is 0 Å². The molecule has 0 atom stereocenters. The van der Waals surface area contributed by atoms with Crippen molar-refractivity contribution in [2.45, 2.75) is 6.92 Å². The Balaban J connectivity index is 2.17. The first-order valence-electron chi connectivity index (χ1n) is 5.96. The number of methoxy groups -OCH3 is 1. The first kappa shape index (κ1) is 13.6. The van der Waals surface area contributed by atoms with Crippen molar-refractivity contribution in [3.8, 4) is 11.8 Å². The van der Waals surface area contributed by atoms with Crippen molar-refractivity contribution >= 4 is 11.6 Å². The molecule has 0 aliphatic carbocycles. The van der Waals surface area contributed by atoms with Crippen LogP contribution >= 0.6 is 0 Å². The molecule has 2 rings (SSSR count). The van der Waals surface area contributed by atoms with Crippen molar-refractivity contribution in [3.05, 3.63) is 53.3 Å². The lowest BCUT2D eigenvalue weighted by Crippen LogP contribution is -2.14. The van der Waals surface area contributed by atoms with Gasteiger partial charge in [-0.1, -0.05) is 0 Å². The summed E-state index contributed by atoms with van der Waals surface area (Å²) in [5.41, 5.74) is 2.27. The maximum absolute atomic E-state index is 12.0. The third-order valence-electron chi connectivity index (χ3n) is 2.81. The van der Waals surface area contributed by atoms with E-state index in [0.717, 1.165) is 11.3 Å². The predicted octanol–water partition coefficient (Wildman–Crippen LogP) is 2.52. The van der Waals surface area contributed by atoms with Crippen LogP contribution in [0.5, 0.6) is 5.75 Å². The number of nitrogens with zero attached hydrogens (tertiary/aromatic N) is 2. The van der Waals surface area contributed by atoms with Crippen molar-refractivity contribution in [2.24, 2.45) is 0 Å². The van der Waals surface area contributed by atoms with Gasteiger partial charge in [-0.05, 0) is 42.8 Å². The van der Waals surface area contributed by atoms with Crippen LogP contribution < -0.4 is 10.1 Å². The molecule has 2 aromatic rings. The van der Waals surface area contributed by atoms with Crippen LogP contribution in [0.1, 0.15) is 21.6 Å². The molecule has 1 amide bonds. The van der Waals surface area contributed by atoms with Crippen molar-refractivity contribution < 1.29 is 9.53 Å². The minimum atomic E-state index is -0.317. The second-order valence-electron chi connectivity index (χ2n) is 4.18. The molecule has 0 unspecified atom stereocenters. The first-order chi connectivity index (χ1) is 9.63. The fraction of sp³-hybridized carbons (Fsp3) is 0.133. The van der Waals surface area contributed by atoms with E-state index in [0.29, 0.717) is 11.3 Å². The lowest BCUT2D eigenvalue weighted by atomic mass is 10.2. The Morgan fingerprint density at radius 3 is 2.70 bits per heavy atom. The Labute approximate surface area is 116 Å². The highest BCUT2D eigenvalue weighted by molar-refractivity contribution is 6.03. The molecule has 20 heavy (non-hydrogen) atoms. The summed E-state index contributed by atoms with van der Waals surface area (Å²) < 4.78 is 5.11. The largest absolute Gasteiger partial charge is 0.497 e. The molecule has 5 nitrogen and oxygen atoms in total. The summed E-state index contributed by atoms with van der Waals surface area (Å²) in [6.45, 7) is 1.88. The van der Waals surface area contributed by atoms with E-state index in [1.165, 1.54) is 12.3 Å². The molecule has 1 N–H and O–H groups in total. The zero-order valence-electron chi connectivity index (χ0n) is 11.2. The summed E-state index contributed by atoms with van der Waals surface area (Å²) in [7, 11) is 1.59. The van der Waals surface area contributed by atoms with Gasteiger partial charge in [-0.3, -0.25) is 4.79 Å². The smallest absolute Gasteiger partial charge is 0.274 e. The molecule has 0 aliphatic rings. The van der Waals surface area contributed by atoms with Gasteiger partial charge in [-0.25, -0.2) is 4.98 Å². The van der Waals surface area contributed by atoms with Crippen molar-refractivity contribution in [1.82, 2.24) is 4.98 Å². The summed E-state index contributed by atoms with van der Waals surface area (Å²) >= 11 is 0. The number of hydrogen-bond donors (Lipinski definition) is 1. The Morgan fingerprint density at radius 1 is 1.35 bits per heavy atom. The fourth-order valence-electron chi connectivity index (χ4n) is 1.68. The second-order valence-corrected chi connectivity index (χ2v) is 4.18. The Kier molecular flexibility index (Phi) is 3.96. The van der Waals surface area contributed by atoms with E-state index in [4.69, 9.17) is 10.00 Å². The van der Waals surface area contributed by atoms with Gasteiger partial charge in [0.25, 0.3) is 5.91 Å². The summed E-state index contributed by atoms with van der Waals surface area (Å²) in [5.74, 6) is 0.416. The number of carbonyl (C=O) groups excluding carboxylic acids is 1. The number of hydrogen-bond acceptors (Lipinski definition) is 4. The predicted molar refractivity (Wildman–Crippen MR) is 74.6 cm³/mol. The normalized spacial score (nSPS) is 9.65. The Morgan fingerprint density at radius 2 is 2.15 bits per heavy atom. The first-order valence-corrected chi connectivity index (χ1v) is 5.96. The number of aryl methyl sites for hydroxylation is 1. The molecule has 1 aromatic carbocycles. The highest BCUT2D eigenvalue weighted by Crippen LogP contribution is 2.21. The molecule has 1 aromatic heterocycles. The van der Waals surface area contributed by atoms with E-state index in [1.54, 1.807) is 25.3 Å². The zero-order valence-corrected chi connectivity index (χ0v) is 11.2. The summed E-state index contributed by atoms with van der Waals surface area (Å²) in [5, 5.41) is 11.5. The third-order valence-corrected chi connectivity index (χ3v) is 2.81. The van der Waals surface area contributed by atoms with E-state index in [-0.39, 0.29) is 11.6 Å². The van der Waals surface area contributed by atoms with E-state index in [2.05, 4.69) is 10.3 Å². The third kappa shape index (κ3) is 2.93. The van der Waals surface area contributed by atoms with Gasteiger partial charge in [0.05, 0.1) is 12.7 Å². The highest BCUT2D eigenvalue weighted by Gasteiger charge is 2.09. The average Bonchev–Trinajstić information content (AvgIpc) is 2.49. The maximum Gasteiger partial charge on any atom is 0.274 e. The molecular formula is C15H13N3O2. The van der Waals surface area contributed by atoms with Gasteiger partial charge in [0.15, 0.2) is 0 Å². The van der Waals surface area contributed by atoms with Gasteiger partial charge in [-0.2, -0.15) is 5.26 Å². The molecule has 1 heterocycles. The number of ether oxygens (including phenoxy) is 1. The van der Waals surface area contributed by atoms with Crippen LogP contribution in [-0.4, -0.2) is 18.0 Å². The van der Waals surface area contributed by atoms with Crippen LogP contribution in [0.15, 0.2) is 36.5 Å². The van der Waals surface area contributed by atoms with E-state index in [1.807, 2.05) is 19.1 Å². The van der Waals surface area contributed by atoms with Gasteiger partial charge in [0, 0.05) is 11.9 Å². The monoisotopic (exact) mass is 267 g/mol. The van der Waals surface area contributed by atoms with Gasteiger partial charge < -0.3 is 10.1 Å². The Hall–Kier alpha value is -2.87. The fourth-order valence-corrected chi connectivity index (χ4v) is 1.68. The number of aromatic nitrogens is 1. The second kappa shape index (κ2) is 5.85. The molecule has 100 valence electrons. The SMILES string of the molecule is COc1ccc(NC(=O)c2ccc(C#N)cn2)c(C)c1. The molecule has 0 radical (unpaired) electrons. The maximum atomic E-state index is 12.0. The Bertz CT molecular complexity index is 673. The molecule has 0 saturated carbocycles. The van der Waals surface area contributed by atoms with E-state index >= 15 is 0 Å². The molecule has 0 spiro atoms. The molecule has 0 saturated heterocycles. The number of anilines is 1. The number of carbonyl (C=O) groups is 1. The number of benzene rings is 1. The lowest BCUT2D eigenvalue weighted by molar-refractivity contribution is 0.102. The van der Waals surface area contributed by atoms with Crippen LogP contribution in [0.3, 0.4) is 0 Å². The molecule has 0 fully saturated rings. The summed E-state index contributed by atoms with van der Waals surface area (Å²) in [4.78, 5) is 16.0. The van der Waals surface area contributed by atoms with Gasteiger partial charge in [0.2, 0.25) is 0 Å².